The molecular formula is C13H25ClN2O. The second-order valence-corrected chi connectivity index (χ2v) is 5.76. The Kier molecular flexibility index (Phi) is 5.26. The highest BCUT2D eigenvalue weighted by molar-refractivity contribution is 5.85. The van der Waals surface area contributed by atoms with Crippen molar-refractivity contribution in [3.63, 3.8) is 0 Å². The van der Waals surface area contributed by atoms with Gasteiger partial charge >= 0.3 is 0 Å². The molecule has 4 heteroatoms. The molecule has 2 fully saturated rings. The van der Waals surface area contributed by atoms with Gasteiger partial charge in [-0.05, 0) is 50.1 Å². The Hall–Kier alpha value is -0.280. The maximum absolute atomic E-state index is 12.0. The number of rotatable bonds is 4. The fourth-order valence-electron chi connectivity index (χ4n) is 2.61. The van der Waals surface area contributed by atoms with Crippen molar-refractivity contribution in [1.29, 1.82) is 0 Å². The van der Waals surface area contributed by atoms with Gasteiger partial charge in [0.15, 0.2) is 0 Å². The molecule has 1 aliphatic heterocycles. The number of hydrogen-bond donors (Lipinski definition) is 2. The third kappa shape index (κ3) is 3.59. The Morgan fingerprint density at radius 2 is 1.94 bits per heavy atom. The van der Waals surface area contributed by atoms with E-state index >= 15 is 0 Å². The van der Waals surface area contributed by atoms with Gasteiger partial charge in [-0.3, -0.25) is 4.79 Å². The van der Waals surface area contributed by atoms with E-state index in [1.54, 1.807) is 0 Å². The van der Waals surface area contributed by atoms with Gasteiger partial charge in [-0.15, -0.1) is 12.4 Å². The normalized spacial score (nSPS) is 23.0. The highest BCUT2D eigenvalue weighted by Gasteiger charge is 2.45. The first-order chi connectivity index (χ1) is 7.64. The number of piperidine rings is 1. The SMILES string of the molecule is CC(C)C1(CNC(=O)C2CCNCC2)CC1.Cl. The minimum atomic E-state index is 0. The molecule has 3 nitrogen and oxygen atoms in total. The molecule has 1 amide bonds. The van der Waals surface area contributed by atoms with Gasteiger partial charge in [0.05, 0.1) is 0 Å². The molecule has 0 radical (unpaired) electrons. The highest BCUT2D eigenvalue weighted by atomic mass is 35.5. The zero-order valence-corrected chi connectivity index (χ0v) is 11.7. The van der Waals surface area contributed by atoms with Crippen LogP contribution < -0.4 is 10.6 Å². The van der Waals surface area contributed by atoms with Crippen LogP contribution in [0.2, 0.25) is 0 Å². The third-order valence-corrected chi connectivity index (χ3v) is 4.44. The summed E-state index contributed by atoms with van der Waals surface area (Å²) in [6, 6.07) is 0. The molecule has 1 saturated heterocycles. The number of hydrogen-bond acceptors (Lipinski definition) is 2. The fourth-order valence-corrected chi connectivity index (χ4v) is 2.61. The molecular weight excluding hydrogens is 236 g/mol. The maximum Gasteiger partial charge on any atom is 0.223 e. The van der Waals surface area contributed by atoms with Crippen LogP contribution in [0, 0.1) is 17.3 Å². The van der Waals surface area contributed by atoms with E-state index in [4.69, 9.17) is 0 Å². The first-order valence-electron chi connectivity index (χ1n) is 6.62. The van der Waals surface area contributed by atoms with Crippen LogP contribution in [0.1, 0.15) is 39.5 Å². The Morgan fingerprint density at radius 3 is 2.41 bits per heavy atom. The van der Waals surface area contributed by atoms with Crippen molar-refractivity contribution in [3.8, 4) is 0 Å². The molecule has 1 aliphatic carbocycles. The molecule has 0 unspecified atom stereocenters. The molecule has 0 aromatic heterocycles. The average molecular weight is 261 g/mol. The molecule has 1 heterocycles. The highest BCUT2D eigenvalue weighted by Crippen LogP contribution is 2.51. The van der Waals surface area contributed by atoms with E-state index in [1.165, 1.54) is 12.8 Å². The van der Waals surface area contributed by atoms with E-state index in [9.17, 15) is 4.79 Å². The number of amides is 1. The van der Waals surface area contributed by atoms with Crippen molar-refractivity contribution in [2.75, 3.05) is 19.6 Å². The van der Waals surface area contributed by atoms with E-state index in [2.05, 4.69) is 24.5 Å². The van der Waals surface area contributed by atoms with Crippen molar-refractivity contribution in [1.82, 2.24) is 10.6 Å². The molecule has 0 aromatic carbocycles. The topological polar surface area (TPSA) is 41.1 Å². The lowest BCUT2D eigenvalue weighted by atomic mass is 9.91. The Morgan fingerprint density at radius 1 is 1.35 bits per heavy atom. The van der Waals surface area contributed by atoms with Gasteiger partial charge in [0.1, 0.15) is 0 Å². The number of carbonyl (C=O) groups is 1. The zero-order chi connectivity index (χ0) is 11.6. The zero-order valence-electron chi connectivity index (χ0n) is 10.9. The Labute approximate surface area is 111 Å². The average Bonchev–Trinajstić information content (AvgIpc) is 3.08. The second-order valence-electron chi connectivity index (χ2n) is 5.76. The molecule has 0 atom stereocenters. The van der Waals surface area contributed by atoms with Crippen molar-refractivity contribution in [2.45, 2.75) is 39.5 Å². The van der Waals surface area contributed by atoms with Crippen molar-refractivity contribution in [2.24, 2.45) is 17.3 Å². The van der Waals surface area contributed by atoms with E-state index in [0.717, 1.165) is 32.5 Å². The minimum Gasteiger partial charge on any atom is -0.355 e. The number of nitrogens with one attached hydrogen (secondary N) is 2. The molecule has 0 bridgehead atoms. The summed E-state index contributed by atoms with van der Waals surface area (Å²) < 4.78 is 0. The monoisotopic (exact) mass is 260 g/mol. The van der Waals surface area contributed by atoms with Gasteiger partial charge in [-0.2, -0.15) is 0 Å². The molecule has 0 spiro atoms. The molecule has 100 valence electrons. The summed E-state index contributed by atoms with van der Waals surface area (Å²) in [5.41, 5.74) is 0.433. The molecule has 2 aliphatic rings. The summed E-state index contributed by atoms with van der Waals surface area (Å²) in [4.78, 5) is 12.0. The first kappa shape index (κ1) is 14.8. The summed E-state index contributed by atoms with van der Waals surface area (Å²) >= 11 is 0. The Bertz CT molecular complexity index is 258. The van der Waals surface area contributed by atoms with E-state index in [0.29, 0.717) is 11.3 Å². The van der Waals surface area contributed by atoms with Crippen molar-refractivity contribution in [3.05, 3.63) is 0 Å². The van der Waals surface area contributed by atoms with Crippen LogP contribution in [-0.4, -0.2) is 25.5 Å². The predicted octanol–water partition coefficient (Wildman–Crippen LogP) is 1.96. The minimum absolute atomic E-state index is 0. The van der Waals surface area contributed by atoms with Crippen LogP contribution in [-0.2, 0) is 4.79 Å². The molecule has 1 saturated carbocycles. The Balaban J connectivity index is 0.00000144. The van der Waals surface area contributed by atoms with Gasteiger partial charge in [0.2, 0.25) is 5.91 Å². The number of carbonyl (C=O) groups excluding carboxylic acids is 1. The molecule has 17 heavy (non-hydrogen) atoms. The van der Waals surface area contributed by atoms with E-state index < -0.39 is 0 Å². The van der Waals surface area contributed by atoms with E-state index in [-0.39, 0.29) is 24.2 Å². The third-order valence-electron chi connectivity index (χ3n) is 4.44. The van der Waals surface area contributed by atoms with Crippen LogP contribution >= 0.6 is 12.4 Å². The first-order valence-corrected chi connectivity index (χ1v) is 6.62. The van der Waals surface area contributed by atoms with Gasteiger partial charge < -0.3 is 10.6 Å². The largest absolute Gasteiger partial charge is 0.355 e. The molecule has 2 rings (SSSR count). The van der Waals surface area contributed by atoms with Crippen LogP contribution in [0.3, 0.4) is 0 Å². The predicted molar refractivity (Wildman–Crippen MR) is 72.4 cm³/mol. The summed E-state index contributed by atoms with van der Waals surface area (Å²) in [6.45, 7) is 7.42. The van der Waals surface area contributed by atoms with Crippen molar-refractivity contribution < 1.29 is 4.79 Å². The number of halogens is 1. The summed E-state index contributed by atoms with van der Waals surface area (Å²) in [6.07, 6.45) is 4.58. The van der Waals surface area contributed by atoms with Gasteiger partial charge in [-0.25, -0.2) is 0 Å². The van der Waals surface area contributed by atoms with E-state index in [1.807, 2.05) is 0 Å². The lowest BCUT2D eigenvalue weighted by Gasteiger charge is -2.25. The van der Waals surface area contributed by atoms with Crippen LogP contribution in [0.4, 0.5) is 0 Å². The lowest BCUT2D eigenvalue weighted by Crippen LogP contribution is -2.40. The standard InChI is InChI=1S/C13H24N2O.ClH/c1-10(2)13(5-6-13)9-15-12(16)11-3-7-14-8-4-11;/h10-11,14H,3-9H2,1-2H3,(H,15,16);1H. The smallest absolute Gasteiger partial charge is 0.223 e. The van der Waals surface area contributed by atoms with Gasteiger partial charge in [-0.1, -0.05) is 13.8 Å². The summed E-state index contributed by atoms with van der Waals surface area (Å²) in [5.74, 6) is 1.23. The van der Waals surface area contributed by atoms with Crippen molar-refractivity contribution >= 4 is 18.3 Å². The van der Waals surface area contributed by atoms with Crippen LogP contribution in [0.5, 0.6) is 0 Å². The van der Waals surface area contributed by atoms with Crippen LogP contribution in [0.15, 0.2) is 0 Å². The quantitative estimate of drug-likeness (QED) is 0.811. The molecule has 0 aromatic rings. The lowest BCUT2D eigenvalue weighted by molar-refractivity contribution is -0.126. The maximum atomic E-state index is 12.0. The molecule has 2 N–H and O–H groups in total. The second kappa shape index (κ2) is 6.05. The van der Waals surface area contributed by atoms with Gasteiger partial charge in [0.25, 0.3) is 0 Å². The summed E-state index contributed by atoms with van der Waals surface area (Å²) in [7, 11) is 0. The fraction of sp³-hybridized carbons (Fsp3) is 0.923. The van der Waals surface area contributed by atoms with Crippen LogP contribution in [0.25, 0.3) is 0 Å². The summed E-state index contributed by atoms with van der Waals surface area (Å²) in [5, 5.41) is 6.46. The van der Waals surface area contributed by atoms with Gasteiger partial charge in [0, 0.05) is 12.5 Å².